The molecule has 0 saturated heterocycles. The summed E-state index contributed by atoms with van der Waals surface area (Å²) < 4.78 is 66.4. The minimum atomic E-state index is -4.78. The second kappa shape index (κ2) is 6.86. The summed E-state index contributed by atoms with van der Waals surface area (Å²) in [5.41, 5.74) is 0. The van der Waals surface area contributed by atoms with Crippen LogP contribution in [0.25, 0.3) is 0 Å². The first kappa shape index (κ1) is 17.4. The Morgan fingerprint density at radius 1 is 1.30 bits per heavy atom. The van der Waals surface area contributed by atoms with E-state index in [1.807, 2.05) is 0 Å². The molecule has 20 heavy (non-hydrogen) atoms. The van der Waals surface area contributed by atoms with Crippen LogP contribution in [0.15, 0.2) is 22.7 Å². The van der Waals surface area contributed by atoms with Crippen LogP contribution in [0.4, 0.5) is 13.2 Å². The molecule has 114 valence electrons. The Kier molecular flexibility index (Phi) is 5.96. The average Bonchev–Trinajstić information content (AvgIpc) is 2.25. The summed E-state index contributed by atoms with van der Waals surface area (Å²) >= 11 is 2.92. The van der Waals surface area contributed by atoms with Gasteiger partial charge < -0.3 is 9.47 Å². The summed E-state index contributed by atoms with van der Waals surface area (Å²) in [5, 5.41) is 0. The van der Waals surface area contributed by atoms with E-state index in [2.05, 4.69) is 20.7 Å². The minimum absolute atomic E-state index is 0.0669. The molecule has 1 aromatic rings. The lowest BCUT2D eigenvalue weighted by atomic mass is 10.3. The fraction of sp³-hybridized carbons (Fsp3) is 0.400. The number of ether oxygens (including phenoxy) is 2. The van der Waals surface area contributed by atoms with Crippen molar-refractivity contribution in [1.82, 2.24) is 0 Å². The SMILES string of the molecule is O=S(=O)(Cl)CCCOc1ccc(OC(F)(F)F)c(Br)c1. The fourth-order valence-corrected chi connectivity index (χ4v) is 2.43. The Balaban J connectivity index is 2.55. The molecule has 0 aliphatic rings. The van der Waals surface area contributed by atoms with Crippen LogP contribution in [0.2, 0.25) is 0 Å². The van der Waals surface area contributed by atoms with Crippen molar-refractivity contribution in [2.45, 2.75) is 12.8 Å². The van der Waals surface area contributed by atoms with E-state index in [1.165, 1.54) is 12.1 Å². The first-order chi connectivity index (χ1) is 9.07. The van der Waals surface area contributed by atoms with E-state index < -0.39 is 21.2 Å². The van der Waals surface area contributed by atoms with E-state index in [9.17, 15) is 21.6 Å². The zero-order valence-corrected chi connectivity index (χ0v) is 12.9. The molecular weight excluding hydrogens is 389 g/mol. The third-order valence-corrected chi connectivity index (χ3v) is 3.79. The van der Waals surface area contributed by atoms with Gasteiger partial charge in [-0.3, -0.25) is 0 Å². The van der Waals surface area contributed by atoms with Gasteiger partial charge in [0.25, 0.3) is 0 Å². The van der Waals surface area contributed by atoms with Crippen LogP contribution in [0.5, 0.6) is 11.5 Å². The van der Waals surface area contributed by atoms with Gasteiger partial charge in [0.05, 0.1) is 16.8 Å². The maximum atomic E-state index is 12.0. The lowest BCUT2D eigenvalue weighted by Crippen LogP contribution is -2.17. The molecule has 0 atom stereocenters. The zero-order chi connectivity index (χ0) is 15.4. The number of hydrogen-bond acceptors (Lipinski definition) is 4. The molecule has 0 radical (unpaired) electrons. The second-order valence-electron chi connectivity index (χ2n) is 3.59. The van der Waals surface area contributed by atoms with Crippen molar-refractivity contribution in [1.29, 1.82) is 0 Å². The summed E-state index contributed by atoms with van der Waals surface area (Å²) in [6.45, 7) is 0.0673. The number of halogens is 5. The summed E-state index contributed by atoms with van der Waals surface area (Å²) in [6, 6.07) is 3.66. The van der Waals surface area contributed by atoms with E-state index >= 15 is 0 Å². The predicted molar refractivity (Wildman–Crippen MR) is 70.6 cm³/mol. The van der Waals surface area contributed by atoms with Gasteiger partial charge in [0.15, 0.2) is 0 Å². The van der Waals surface area contributed by atoms with Gasteiger partial charge in [-0.05, 0) is 40.5 Å². The molecular formula is C10H9BrClF3O4S. The van der Waals surface area contributed by atoms with E-state index in [4.69, 9.17) is 15.4 Å². The second-order valence-corrected chi connectivity index (χ2v) is 7.34. The summed E-state index contributed by atoms with van der Waals surface area (Å²) in [5.74, 6) is -0.364. The van der Waals surface area contributed by atoms with Crippen LogP contribution >= 0.6 is 26.6 Å². The quantitative estimate of drug-likeness (QED) is 0.543. The highest BCUT2D eigenvalue weighted by atomic mass is 79.9. The molecule has 0 unspecified atom stereocenters. The molecule has 0 N–H and O–H groups in total. The predicted octanol–water partition coefficient (Wildman–Crippen LogP) is 3.69. The van der Waals surface area contributed by atoms with Crippen LogP contribution in [0.1, 0.15) is 6.42 Å². The van der Waals surface area contributed by atoms with E-state index in [-0.39, 0.29) is 29.0 Å². The Bertz CT molecular complexity index is 562. The Morgan fingerprint density at radius 3 is 2.45 bits per heavy atom. The van der Waals surface area contributed by atoms with Gasteiger partial charge >= 0.3 is 6.36 Å². The van der Waals surface area contributed by atoms with Crippen LogP contribution in [-0.2, 0) is 9.05 Å². The number of rotatable bonds is 6. The smallest absolute Gasteiger partial charge is 0.494 e. The molecule has 0 saturated carbocycles. The van der Waals surface area contributed by atoms with E-state index in [0.717, 1.165) is 6.07 Å². The third kappa shape index (κ3) is 7.20. The molecule has 0 spiro atoms. The Hall–Kier alpha value is -0.670. The molecule has 4 nitrogen and oxygen atoms in total. The van der Waals surface area contributed by atoms with Gasteiger partial charge in [-0.15, -0.1) is 13.2 Å². The third-order valence-electron chi connectivity index (χ3n) is 1.93. The molecule has 0 amide bonds. The Labute approximate surface area is 126 Å². The van der Waals surface area contributed by atoms with Crippen molar-refractivity contribution in [3.8, 4) is 11.5 Å². The van der Waals surface area contributed by atoms with Crippen molar-refractivity contribution < 1.29 is 31.1 Å². The molecule has 0 bridgehead atoms. The highest BCUT2D eigenvalue weighted by Gasteiger charge is 2.31. The van der Waals surface area contributed by atoms with Crippen LogP contribution < -0.4 is 9.47 Å². The lowest BCUT2D eigenvalue weighted by Gasteiger charge is -2.12. The van der Waals surface area contributed by atoms with Gasteiger partial charge in [-0.25, -0.2) is 8.42 Å². The van der Waals surface area contributed by atoms with Gasteiger partial charge in [0, 0.05) is 10.7 Å². The zero-order valence-electron chi connectivity index (χ0n) is 9.78. The molecule has 0 heterocycles. The summed E-state index contributed by atoms with van der Waals surface area (Å²) in [4.78, 5) is 0. The fourth-order valence-electron chi connectivity index (χ4n) is 1.20. The first-order valence-corrected chi connectivity index (χ1v) is 8.44. The normalized spacial score (nSPS) is 12.2. The molecule has 10 heteroatoms. The summed E-state index contributed by atoms with van der Waals surface area (Å²) in [7, 11) is 1.43. The van der Waals surface area contributed by atoms with Crippen molar-refractivity contribution in [3.63, 3.8) is 0 Å². The average molecular weight is 398 g/mol. The van der Waals surface area contributed by atoms with Gasteiger partial charge in [0.1, 0.15) is 11.5 Å². The monoisotopic (exact) mass is 396 g/mol. The maximum absolute atomic E-state index is 12.0. The summed E-state index contributed by atoms with van der Waals surface area (Å²) in [6.07, 6.45) is -4.61. The number of hydrogen-bond donors (Lipinski definition) is 0. The van der Waals surface area contributed by atoms with Gasteiger partial charge in [-0.2, -0.15) is 0 Å². The highest BCUT2D eigenvalue weighted by Crippen LogP contribution is 2.33. The largest absolute Gasteiger partial charge is 0.573 e. The van der Waals surface area contributed by atoms with Crippen LogP contribution in [0, 0.1) is 0 Å². The molecule has 1 aromatic carbocycles. The molecule has 0 aromatic heterocycles. The highest BCUT2D eigenvalue weighted by molar-refractivity contribution is 9.10. The van der Waals surface area contributed by atoms with Crippen molar-refractivity contribution in [2.75, 3.05) is 12.4 Å². The minimum Gasteiger partial charge on any atom is -0.494 e. The standard InChI is InChI=1S/C10H9BrClF3O4S/c11-8-6-7(18-4-1-5-20(12,16)17)2-3-9(8)19-10(13,14)15/h2-3,6H,1,4-5H2. The van der Waals surface area contributed by atoms with Crippen molar-refractivity contribution in [2.24, 2.45) is 0 Å². The van der Waals surface area contributed by atoms with Crippen molar-refractivity contribution in [3.05, 3.63) is 22.7 Å². The Morgan fingerprint density at radius 2 is 1.95 bits per heavy atom. The van der Waals surface area contributed by atoms with E-state index in [1.54, 1.807) is 0 Å². The van der Waals surface area contributed by atoms with Crippen LogP contribution in [0.3, 0.4) is 0 Å². The molecule has 1 rings (SSSR count). The molecule has 0 aliphatic carbocycles. The number of benzene rings is 1. The topological polar surface area (TPSA) is 52.6 Å². The molecule has 0 aliphatic heterocycles. The first-order valence-electron chi connectivity index (χ1n) is 5.17. The van der Waals surface area contributed by atoms with Gasteiger partial charge in [0.2, 0.25) is 9.05 Å². The molecule has 0 fully saturated rings. The lowest BCUT2D eigenvalue weighted by molar-refractivity contribution is -0.274. The van der Waals surface area contributed by atoms with Gasteiger partial charge in [-0.1, -0.05) is 0 Å². The maximum Gasteiger partial charge on any atom is 0.573 e. The van der Waals surface area contributed by atoms with Crippen molar-refractivity contribution >= 4 is 35.7 Å². The van der Waals surface area contributed by atoms with E-state index in [0.29, 0.717) is 0 Å². The van der Waals surface area contributed by atoms with Crippen LogP contribution in [-0.4, -0.2) is 27.1 Å². The number of alkyl halides is 3.